The van der Waals surface area contributed by atoms with Gasteiger partial charge >= 0.3 is 0 Å². The van der Waals surface area contributed by atoms with Crippen LogP contribution >= 0.6 is 0 Å². The molecule has 0 aliphatic carbocycles. The van der Waals surface area contributed by atoms with Gasteiger partial charge in [0.2, 0.25) is 0 Å². The van der Waals surface area contributed by atoms with Crippen molar-refractivity contribution in [2.24, 2.45) is 0 Å². The fourth-order valence-electron chi connectivity index (χ4n) is 0.538. The van der Waals surface area contributed by atoms with E-state index in [-0.39, 0.29) is 12.4 Å². The summed E-state index contributed by atoms with van der Waals surface area (Å²) in [6.07, 6.45) is 2.40. The van der Waals surface area contributed by atoms with Gasteiger partial charge in [-0.15, -0.1) is 0 Å². The molecule has 0 bridgehead atoms. The summed E-state index contributed by atoms with van der Waals surface area (Å²) in [6, 6.07) is 0. The molecule has 0 saturated heterocycles. The number of carbonyl (C=O) groups excluding carboxylic acids is 1. The van der Waals surface area contributed by atoms with Crippen LogP contribution in [0.1, 0.15) is 20.3 Å². The quantitative estimate of drug-likeness (QED) is 0.557. The molecule has 0 unspecified atom stereocenters. The summed E-state index contributed by atoms with van der Waals surface area (Å²) in [5.74, 6) is 0.128. The molecule has 0 aliphatic rings. The Morgan fingerprint density at radius 2 is 2.10 bits per heavy atom. The molecule has 0 aromatic rings. The number of rotatable bonds is 4. The van der Waals surface area contributed by atoms with Gasteiger partial charge in [0.15, 0.2) is 5.78 Å². The molecule has 2 heteroatoms. The van der Waals surface area contributed by atoms with Crippen LogP contribution in [0.5, 0.6) is 0 Å². The van der Waals surface area contributed by atoms with Gasteiger partial charge in [-0.25, -0.2) is 0 Å². The highest BCUT2D eigenvalue weighted by Gasteiger charge is 1.95. The van der Waals surface area contributed by atoms with Crippen LogP contribution in [-0.4, -0.2) is 19.5 Å². The largest absolute Gasteiger partial charge is 0.377 e. The predicted octanol–water partition coefficient (Wildman–Crippen LogP) is 1.56. The van der Waals surface area contributed by atoms with E-state index in [0.717, 1.165) is 0 Å². The first-order valence-electron chi connectivity index (χ1n) is 3.31. The second kappa shape index (κ2) is 5.18. The topological polar surface area (TPSA) is 26.3 Å². The maximum absolute atomic E-state index is 10.8. The number of methoxy groups -OCH3 is 1. The first-order chi connectivity index (χ1) is 4.66. The highest BCUT2D eigenvalue weighted by Crippen LogP contribution is 1.93. The van der Waals surface area contributed by atoms with Gasteiger partial charge in [0.25, 0.3) is 0 Å². The van der Waals surface area contributed by atoms with Crippen molar-refractivity contribution in [3.8, 4) is 0 Å². The molecule has 0 amide bonds. The van der Waals surface area contributed by atoms with Crippen molar-refractivity contribution in [1.29, 1.82) is 0 Å². The van der Waals surface area contributed by atoms with Gasteiger partial charge in [-0.3, -0.25) is 4.79 Å². The molecular weight excluding hydrogens is 128 g/mol. The van der Waals surface area contributed by atoms with Crippen LogP contribution in [-0.2, 0) is 9.53 Å². The minimum atomic E-state index is 0.128. The minimum Gasteiger partial charge on any atom is -0.377 e. The number of ketones is 1. The number of carbonyl (C=O) groups is 1. The third-order valence-electron chi connectivity index (χ3n) is 1.04. The summed E-state index contributed by atoms with van der Waals surface area (Å²) in [7, 11) is 1.53. The van der Waals surface area contributed by atoms with Crippen LogP contribution in [0.3, 0.4) is 0 Å². The van der Waals surface area contributed by atoms with E-state index in [1.807, 2.05) is 19.9 Å². The van der Waals surface area contributed by atoms with Crippen molar-refractivity contribution >= 4 is 5.78 Å². The molecule has 0 heterocycles. The van der Waals surface area contributed by atoms with Crippen molar-refractivity contribution in [2.75, 3.05) is 13.7 Å². The Hall–Kier alpha value is -0.630. The third kappa shape index (κ3) is 5.51. The van der Waals surface area contributed by atoms with E-state index in [0.29, 0.717) is 6.42 Å². The molecule has 2 nitrogen and oxygen atoms in total. The molecule has 0 radical (unpaired) electrons. The number of ether oxygens (including phenoxy) is 1. The van der Waals surface area contributed by atoms with E-state index in [4.69, 9.17) is 0 Å². The zero-order valence-electron chi connectivity index (χ0n) is 6.81. The fourth-order valence-corrected chi connectivity index (χ4v) is 0.538. The van der Waals surface area contributed by atoms with Crippen LogP contribution in [0.25, 0.3) is 0 Å². The van der Waals surface area contributed by atoms with E-state index in [2.05, 4.69) is 4.74 Å². The van der Waals surface area contributed by atoms with Gasteiger partial charge in [-0.2, -0.15) is 0 Å². The molecule has 0 N–H and O–H groups in total. The molecule has 0 aromatic heterocycles. The molecule has 0 saturated carbocycles. The Morgan fingerprint density at radius 1 is 1.50 bits per heavy atom. The monoisotopic (exact) mass is 142 g/mol. The van der Waals surface area contributed by atoms with Crippen molar-refractivity contribution in [3.63, 3.8) is 0 Å². The molecule has 0 aliphatic heterocycles. The van der Waals surface area contributed by atoms with Crippen LogP contribution in [0.2, 0.25) is 0 Å². The lowest BCUT2D eigenvalue weighted by Gasteiger charge is -1.93. The second-order valence-electron chi connectivity index (χ2n) is 2.46. The first kappa shape index (κ1) is 9.37. The Labute approximate surface area is 61.9 Å². The van der Waals surface area contributed by atoms with Crippen molar-refractivity contribution in [3.05, 3.63) is 11.6 Å². The number of hydrogen-bond acceptors (Lipinski definition) is 2. The Bertz CT molecular complexity index is 132. The molecule has 0 spiro atoms. The third-order valence-corrected chi connectivity index (χ3v) is 1.04. The molecule has 0 aromatic carbocycles. The lowest BCUT2D eigenvalue weighted by molar-refractivity contribution is -0.121. The fraction of sp³-hybridized carbons (Fsp3) is 0.625. The van der Waals surface area contributed by atoms with Gasteiger partial charge in [-0.1, -0.05) is 11.6 Å². The number of Topliss-reactive ketones (excluding diaryl/α,β-unsaturated/α-hetero) is 1. The molecule has 0 rings (SSSR count). The summed E-state index contributed by atoms with van der Waals surface area (Å²) in [5.41, 5.74) is 1.17. The summed E-state index contributed by atoms with van der Waals surface area (Å²) < 4.78 is 4.66. The average Bonchev–Trinajstić information content (AvgIpc) is 1.85. The molecule has 0 atom stereocenters. The van der Waals surface area contributed by atoms with Crippen molar-refractivity contribution < 1.29 is 9.53 Å². The second-order valence-corrected chi connectivity index (χ2v) is 2.46. The van der Waals surface area contributed by atoms with Crippen molar-refractivity contribution in [2.45, 2.75) is 20.3 Å². The zero-order chi connectivity index (χ0) is 7.98. The smallest absolute Gasteiger partial charge is 0.162 e. The maximum Gasteiger partial charge on any atom is 0.162 e. The minimum absolute atomic E-state index is 0.128. The number of hydrogen-bond donors (Lipinski definition) is 0. The van der Waals surface area contributed by atoms with Crippen LogP contribution in [0.4, 0.5) is 0 Å². The Balaban J connectivity index is 3.49. The average molecular weight is 142 g/mol. The maximum atomic E-state index is 10.8. The van der Waals surface area contributed by atoms with Gasteiger partial charge in [0.1, 0.15) is 6.61 Å². The molecular formula is C8H14O2. The van der Waals surface area contributed by atoms with Gasteiger partial charge < -0.3 is 4.74 Å². The van der Waals surface area contributed by atoms with E-state index < -0.39 is 0 Å². The standard InChI is InChI=1S/C8H14O2/c1-7(2)4-5-8(9)6-10-3/h4H,5-6H2,1-3H3. The lowest BCUT2D eigenvalue weighted by Crippen LogP contribution is -2.04. The Morgan fingerprint density at radius 3 is 2.50 bits per heavy atom. The molecule has 0 fully saturated rings. The highest BCUT2D eigenvalue weighted by atomic mass is 16.5. The summed E-state index contributed by atoms with van der Waals surface area (Å²) >= 11 is 0. The van der Waals surface area contributed by atoms with Gasteiger partial charge in [0, 0.05) is 13.5 Å². The first-order valence-corrected chi connectivity index (χ1v) is 3.31. The predicted molar refractivity (Wildman–Crippen MR) is 40.9 cm³/mol. The molecule has 10 heavy (non-hydrogen) atoms. The van der Waals surface area contributed by atoms with Gasteiger partial charge in [-0.05, 0) is 13.8 Å². The Kier molecular flexibility index (Phi) is 4.85. The van der Waals surface area contributed by atoms with Crippen LogP contribution in [0.15, 0.2) is 11.6 Å². The van der Waals surface area contributed by atoms with Crippen LogP contribution < -0.4 is 0 Å². The van der Waals surface area contributed by atoms with Crippen molar-refractivity contribution in [1.82, 2.24) is 0 Å². The normalized spacial score (nSPS) is 9.10. The zero-order valence-corrected chi connectivity index (χ0v) is 6.81. The van der Waals surface area contributed by atoms with E-state index in [1.165, 1.54) is 12.7 Å². The number of allylic oxidation sites excluding steroid dienone is 2. The summed E-state index contributed by atoms with van der Waals surface area (Å²) in [6.45, 7) is 4.17. The van der Waals surface area contributed by atoms with E-state index in [9.17, 15) is 4.79 Å². The molecule has 58 valence electrons. The van der Waals surface area contributed by atoms with Crippen LogP contribution in [0, 0.1) is 0 Å². The van der Waals surface area contributed by atoms with Gasteiger partial charge in [0.05, 0.1) is 0 Å². The highest BCUT2D eigenvalue weighted by molar-refractivity contribution is 5.81. The summed E-state index contributed by atoms with van der Waals surface area (Å²) in [5, 5.41) is 0. The SMILES string of the molecule is COCC(=O)CC=C(C)C. The van der Waals surface area contributed by atoms with E-state index >= 15 is 0 Å². The summed E-state index contributed by atoms with van der Waals surface area (Å²) in [4.78, 5) is 10.8. The van der Waals surface area contributed by atoms with E-state index in [1.54, 1.807) is 0 Å². The lowest BCUT2D eigenvalue weighted by atomic mass is 10.2.